The van der Waals surface area contributed by atoms with E-state index < -0.39 is 0 Å². The van der Waals surface area contributed by atoms with Crippen molar-refractivity contribution in [2.24, 2.45) is 0 Å². The van der Waals surface area contributed by atoms with E-state index >= 15 is 0 Å². The summed E-state index contributed by atoms with van der Waals surface area (Å²) in [6.07, 6.45) is 7.63. The molecule has 0 spiro atoms. The minimum Gasteiger partial charge on any atom is -0.341 e. The van der Waals surface area contributed by atoms with Gasteiger partial charge in [0, 0.05) is 44.0 Å². The van der Waals surface area contributed by atoms with E-state index in [1.165, 1.54) is 5.56 Å². The zero-order valence-electron chi connectivity index (χ0n) is 15.8. The highest BCUT2D eigenvalue weighted by Gasteiger charge is 2.26. The van der Waals surface area contributed by atoms with Crippen molar-refractivity contribution >= 4 is 22.2 Å². The molecule has 0 unspecified atom stereocenters. The van der Waals surface area contributed by atoms with Crippen LogP contribution < -0.4 is 0 Å². The number of nitrogens with zero attached hydrogens (tertiary/aromatic N) is 4. The lowest BCUT2D eigenvalue weighted by molar-refractivity contribution is -0.132. The summed E-state index contributed by atoms with van der Waals surface area (Å²) in [6.45, 7) is 3.15. The fourth-order valence-corrected chi connectivity index (χ4v) is 4.55. The Morgan fingerprint density at radius 3 is 3.00 bits per heavy atom. The summed E-state index contributed by atoms with van der Waals surface area (Å²) in [5, 5.41) is 2.01. The molecule has 3 heterocycles. The number of fused-ring (bicyclic) bond motifs is 1. The molecule has 0 bridgehead atoms. The van der Waals surface area contributed by atoms with Crippen LogP contribution in [0.1, 0.15) is 24.1 Å². The van der Waals surface area contributed by atoms with Crippen LogP contribution in [-0.4, -0.2) is 57.8 Å². The Bertz CT molecular complexity index is 859. The fourth-order valence-electron chi connectivity index (χ4n) is 3.83. The maximum absolute atomic E-state index is 12.8. The molecule has 3 aromatic rings. The second kappa shape index (κ2) is 8.23. The van der Waals surface area contributed by atoms with Crippen molar-refractivity contribution in [2.45, 2.75) is 31.7 Å². The average molecular weight is 383 g/mol. The third-order valence-corrected chi connectivity index (χ3v) is 6.23. The Morgan fingerprint density at radius 2 is 2.19 bits per heavy atom. The van der Waals surface area contributed by atoms with Gasteiger partial charge in [-0.25, -0.2) is 4.98 Å². The first kappa shape index (κ1) is 18.2. The maximum atomic E-state index is 12.8. The van der Waals surface area contributed by atoms with Crippen LogP contribution in [0.15, 0.2) is 48.1 Å². The molecule has 5 nitrogen and oxygen atoms in total. The normalized spacial score (nSPS) is 18.0. The summed E-state index contributed by atoms with van der Waals surface area (Å²) < 4.78 is 1.99. The van der Waals surface area contributed by atoms with E-state index in [9.17, 15) is 4.79 Å². The zero-order chi connectivity index (χ0) is 18.6. The topological polar surface area (TPSA) is 40.9 Å². The summed E-state index contributed by atoms with van der Waals surface area (Å²) >= 11 is 1.60. The average Bonchev–Trinajstić information content (AvgIpc) is 3.28. The van der Waals surface area contributed by atoms with E-state index in [4.69, 9.17) is 0 Å². The molecule has 1 amide bonds. The molecule has 6 heteroatoms. The number of imidazole rings is 1. The molecule has 1 fully saturated rings. The molecule has 1 aliphatic heterocycles. The molecule has 2 aromatic heterocycles. The van der Waals surface area contributed by atoms with Crippen molar-refractivity contribution in [2.75, 3.05) is 26.7 Å². The molecule has 27 heavy (non-hydrogen) atoms. The van der Waals surface area contributed by atoms with Gasteiger partial charge in [-0.2, -0.15) is 0 Å². The lowest BCUT2D eigenvalue weighted by atomic mass is 10.0. The third-order valence-electron chi connectivity index (χ3n) is 5.46. The molecule has 4 rings (SSSR count). The van der Waals surface area contributed by atoms with Crippen LogP contribution in [0.2, 0.25) is 0 Å². The number of thiazole rings is 1. The van der Waals surface area contributed by atoms with Crippen LogP contribution in [0, 0.1) is 0 Å². The summed E-state index contributed by atoms with van der Waals surface area (Å²) in [5.74, 6) is 0.163. The summed E-state index contributed by atoms with van der Waals surface area (Å²) in [7, 11) is 1.95. The predicted octanol–water partition coefficient (Wildman–Crippen LogP) is 3.10. The number of hydrogen-bond acceptors (Lipinski definition) is 4. The number of carbonyl (C=O) groups is 1. The summed E-state index contributed by atoms with van der Waals surface area (Å²) in [6, 6.07) is 10.9. The molecule has 1 saturated heterocycles. The molecule has 0 N–H and O–H groups in total. The van der Waals surface area contributed by atoms with Crippen molar-refractivity contribution in [3.63, 3.8) is 0 Å². The smallest absolute Gasteiger partial charge is 0.228 e. The van der Waals surface area contributed by atoms with Gasteiger partial charge in [-0.15, -0.1) is 11.3 Å². The minimum absolute atomic E-state index is 0.163. The molecular formula is C21H26N4OS. The van der Waals surface area contributed by atoms with Crippen molar-refractivity contribution in [1.82, 2.24) is 19.2 Å². The summed E-state index contributed by atoms with van der Waals surface area (Å²) in [5.41, 5.74) is 2.24. The van der Waals surface area contributed by atoms with Gasteiger partial charge in [-0.05, 0) is 31.4 Å². The van der Waals surface area contributed by atoms with E-state index in [0.29, 0.717) is 12.5 Å². The first-order valence-electron chi connectivity index (χ1n) is 9.62. The van der Waals surface area contributed by atoms with Crippen LogP contribution >= 0.6 is 11.3 Å². The van der Waals surface area contributed by atoms with Crippen molar-refractivity contribution in [3.05, 3.63) is 59.4 Å². The maximum Gasteiger partial charge on any atom is 0.228 e. The van der Waals surface area contributed by atoms with Crippen LogP contribution in [0.4, 0.5) is 0 Å². The number of likely N-dealkylation sites (tertiary alicyclic amines) is 1. The van der Waals surface area contributed by atoms with Gasteiger partial charge in [0.1, 0.15) is 0 Å². The zero-order valence-corrected chi connectivity index (χ0v) is 16.6. The largest absolute Gasteiger partial charge is 0.341 e. The van der Waals surface area contributed by atoms with Gasteiger partial charge in [0.15, 0.2) is 4.96 Å². The van der Waals surface area contributed by atoms with Crippen molar-refractivity contribution < 1.29 is 4.79 Å². The Balaban J connectivity index is 1.31. The van der Waals surface area contributed by atoms with E-state index in [0.717, 1.165) is 49.6 Å². The number of carbonyl (C=O) groups excluding carboxylic acids is 1. The van der Waals surface area contributed by atoms with Gasteiger partial charge in [0.2, 0.25) is 5.91 Å². The Labute approximate surface area is 164 Å². The molecule has 1 aromatic carbocycles. The van der Waals surface area contributed by atoms with E-state index in [-0.39, 0.29) is 5.91 Å². The Hall–Kier alpha value is -2.18. The van der Waals surface area contributed by atoms with Gasteiger partial charge in [-0.1, -0.05) is 30.3 Å². The highest BCUT2D eigenvalue weighted by atomic mass is 32.1. The number of amides is 1. The number of likely N-dealkylation sites (N-methyl/N-ethyl adjacent to an activating group) is 1. The first-order chi connectivity index (χ1) is 13.2. The number of piperidine rings is 1. The van der Waals surface area contributed by atoms with Gasteiger partial charge < -0.3 is 9.80 Å². The van der Waals surface area contributed by atoms with Gasteiger partial charge >= 0.3 is 0 Å². The highest BCUT2D eigenvalue weighted by Crippen LogP contribution is 2.17. The van der Waals surface area contributed by atoms with Crippen LogP contribution in [0.3, 0.4) is 0 Å². The molecule has 0 aliphatic carbocycles. The third kappa shape index (κ3) is 4.39. The number of benzene rings is 1. The van der Waals surface area contributed by atoms with Gasteiger partial charge in [0.05, 0.1) is 12.1 Å². The van der Waals surface area contributed by atoms with Crippen LogP contribution in [0.25, 0.3) is 4.96 Å². The Morgan fingerprint density at radius 1 is 1.33 bits per heavy atom. The lowest BCUT2D eigenvalue weighted by Gasteiger charge is -2.37. The van der Waals surface area contributed by atoms with E-state index in [1.54, 1.807) is 11.3 Å². The van der Waals surface area contributed by atoms with Crippen LogP contribution in [0.5, 0.6) is 0 Å². The first-order valence-corrected chi connectivity index (χ1v) is 10.5. The molecule has 1 atom stereocenters. The molecule has 1 aliphatic rings. The number of hydrogen-bond donors (Lipinski definition) is 0. The second-order valence-corrected chi connectivity index (χ2v) is 8.21. The van der Waals surface area contributed by atoms with Crippen LogP contribution in [-0.2, 0) is 17.6 Å². The van der Waals surface area contributed by atoms with Crippen molar-refractivity contribution in [1.29, 1.82) is 0 Å². The second-order valence-electron chi connectivity index (χ2n) is 7.34. The molecule has 0 radical (unpaired) electrons. The lowest BCUT2D eigenvalue weighted by Crippen LogP contribution is -2.49. The number of aromatic nitrogens is 2. The number of rotatable bonds is 6. The van der Waals surface area contributed by atoms with E-state index in [1.807, 2.05) is 34.1 Å². The quantitative estimate of drug-likeness (QED) is 0.658. The van der Waals surface area contributed by atoms with E-state index in [2.05, 4.69) is 40.2 Å². The SMILES string of the molecule is CN(C(=O)Cc1cn2ccsc2n1)[C@@H]1CCCN(CCc2ccccc2)C1. The summed E-state index contributed by atoms with van der Waals surface area (Å²) in [4.78, 5) is 22.7. The van der Waals surface area contributed by atoms with Gasteiger partial charge in [-0.3, -0.25) is 9.20 Å². The van der Waals surface area contributed by atoms with Crippen molar-refractivity contribution in [3.8, 4) is 0 Å². The fraction of sp³-hybridized carbons (Fsp3) is 0.429. The molecule has 0 saturated carbocycles. The minimum atomic E-state index is 0.163. The molecule has 142 valence electrons. The highest BCUT2D eigenvalue weighted by molar-refractivity contribution is 7.15. The van der Waals surface area contributed by atoms with Gasteiger partial charge in [0.25, 0.3) is 0 Å². The standard InChI is InChI=1S/C21H26N4OS/c1-23(20(26)14-18-15-25-12-13-27-21(25)22-18)19-8-5-10-24(16-19)11-9-17-6-3-2-4-7-17/h2-4,6-7,12-13,15,19H,5,8-11,14,16H2,1H3/t19-/m1/s1. The molecular weight excluding hydrogens is 356 g/mol. The monoisotopic (exact) mass is 382 g/mol. The Kier molecular flexibility index (Phi) is 5.55. The predicted molar refractivity (Wildman–Crippen MR) is 109 cm³/mol.